The molecule has 2 heterocycles. The summed E-state index contributed by atoms with van der Waals surface area (Å²) in [6.07, 6.45) is 3.48. The molecule has 0 atom stereocenters. The van der Waals surface area contributed by atoms with Crippen LogP contribution in [0.3, 0.4) is 0 Å². The van der Waals surface area contributed by atoms with Crippen LogP contribution in [0, 0.1) is 13.8 Å². The Bertz CT molecular complexity index is 775. The second-order valence-corrected chi connectivity index (χ2v) is 6.16. The van der Waals surface area contributed by atoms with E-state index in [0.717, 1.165) is 19.3 Å². The number of fused-ring (bicyclic) bond motifs is 1. The van der Waals surface area contributed by atoms with Gasteiger partial charge >= 0.3 is 5.97 Å². The van der Waals surface area contributed by atoms with E-state index in [-0.39, 0.29) is 0 Å². The summed E-state index contributed by atoms with van der Waals surface area (Å²) in [7, 11) is 0. The van der Waals surface area contributed by atoms with Crippen molar-refractivity contribution in [3.8, 4) is 0 Å². The van der Waals surface area contributed by atoms with E-state index in [2.05, 4.69) is 15.5 Å². The quantitative estimate of drug-likeness (QED) is 0.900. The fourth-order valence-electron chi connectivity index (χ4n) is 3.23. The van der Waals surface area contributed by atoms with Crippen molar-refractivity contribution in [1.29, 1.82) is 0 Å². The minimum atomic E-state index is -1.19. The minimum Gasteiger partial charge on any atom is -0.480 e. The van der Waals surface area contributed by atoms with E-state index in [1.54, 1.807) is 19.9 Å². The van der Waals surface area contributed by atoms with Crippen LogP contribution in [0.25, 0.3) is 11.1 Å². The number of carbonyl (C=O) groups is 2. The van der Waals surface area contributed by atoms with Crippen molar-refractivity contribution in [1.82, 2.24) is 15.5 Å². The SMILES string of the molecule is Cc1cc(C(=O)NC2(C(=O)O)CCCCC2)c2c(C)noc2n1. The Labute approximate surface area is 133 Å². The zero-order valence-corrected chi connectivity index (χ0v) is 13.2. The van der Waals surface area contributed by atoms with E-state index in [9.17, 15) is 14.7 Å². The van der Waals surface area contributed by atoms with Gasteiger partial charge < -0.3 is 14.9 Å². The molecule has 7 heteroatoms. The maximum Gasteiger partial charge on any atom is 0.329 e. The van der Waals surface area contributed by atoms with Crippen molar-refractivity contribution in [2.45, 2.75) is 51.5 Å². The molecule has 1 aliphatic carbocycles. The molecule has 0 aromatic carbocycles. The van der Waals surface area contributed by atoms with E-state index >= 15 is 0 Å². The fourth-order valence-corrected chi connectivity index (χ4v) is 3.23. The third-order valence-corrected chi connectivity index (χ3v) is 4.46. The van der Waals surface area contributed by atoms with Gasteiger partial charge in [0.05, 0.1) is 16.6 Å². The van der Waals surface area contributed by atoms with Gasteiger partial charge in [-0.15, -0.1) is 0 Å². The van der Waals surface area contributed by atoms with Gasteiger partial charge in [-0.2, -0.15) is 0 Å². The molecule has 3 rings (SSSR count). The average Bonchev–Trinajstić information content (AvgIpc) is 2.88. The van der Waals surface area contributed by atoms with Crippen LogP contribution in [0.4, 0.5) is 0 Å². The Balaban J connectivity index is 2.00. The standard InChI is InChI=1S/C16H19N3O4/c1-9-8-11(12-10(2)19-23-14(12)17-9)13(20)18-16(15(21)22)6-4-3-5-7-16/h8H,3-7H2,1-2H3,(H,18,20)(H,21,22). The number of amides is 1. The molecule has 2 aromatic heterocycles. The first-order valence-corrected chi connectivity index (χ1v) is 7.72. The van der Waals surface area contributed by atoms with Crippen LogP contribution < -0.4 is 5.32 Å². The van der Waals surface area contributed by atoms with Crippen LogP contribution in [-0.2, 0) is 4.79 Å². The van der Waals surface area contributed by atoms with Crippen molar-refractivity contribution < 1.29 is 19.2 Å². The number of nitrogens with one attached hydrogen (secondary N) is 1. The highest BCUT2D eigenvalue weighted by molar-refractivity contribution is 6.07. The van der Waals surface area contributed by atoms with Gasteiger partial charge in [-0.25, -0.2) is 9.78 Å². The molecule has 0 spiro atoms. The zero-order chi connectivity index (χ0) is 16.6. The lowest BCUT2D eigenvalue weighted by Crippen LogP contribution is -2.55. The first kappa shape index (κ1) is 15.5. The molecule has 23 heavy (non-hydrogen) atoms. The first-order chi connectivity index (χ1) is 10.9. The van der Waals surface area contributed by atoms with Gasteiger partial charge in [0.2, 0.25) is 0 Å². The molecule has 0 saturated heterocycles. The van der Waals surface area contributed by atoms with Gasteiger partial charge in [0, 0.05) is 5.69 Å². The molecule has 0 radical (unpaired) electrons. The molecule has 1 saturated carbocycles. The molecular formula is C16H19N3O4. The molecule has 1 fully saturated rings. The predicted molar refractivity (Wildman–Crippen MR) is 82.2 cm³/mol. The van der Waals surface area contributed by atoms with E-state index in [4.69, 9.17) is 4.52 Å². The zero-order valence-electron chi connectivity index (χ0n) is 13.2. The molecular weight excluding hydrogens is 298 g/mol. The number of rotatable bonds is 3. The van der Waals surface area contributed by atoms with Crippen LogP contribution in [0.2, 0.25) is 0 Å². The smallest absolute Gasteiger partial charge is 0.329 e. The Hall–Kier alpha value is -2.44. The number of carbonyl (C=O) groups excluding carboxylic acids is 1. The summed E-state index contributed by atoms with van der Waals surface area (Å²) in [6.45, 7) is 3.48. The fraction of sp³-hybridized carbons (Fsp3) is 0.500. The van der Waals surface area contributed by atoms with Gasteiger partial charge in [-0.3, -0.25) is 4.79 Å². The molecule has 0 aliphatic heterocycles. The topological polar surface area (TPSA) is 105 Å². The Morgan fingerprint density at radius 2 is 1.96 bits per heavy atom. The highest BCUT2D eigenvalue weighted by Crippen LogP contribution is 2.30. The molecule has 122 valence electrons. The van der Waals surface area contributed by atoms with Crippen molar-refractivity contribution in [3.63, 3.8) is 0 Å². The maximum absolute atomic E-state index is 12.8. The number of aromatic nitrogens is 2. The molecule has 0 bridgehead atoms. The summed E-state index contributed by atoms with van der Waals surface area (Å²) >= 11 is 0. The monoisotopic (exact) mass is 317 g/mol. The molecule has 2 N–H and O–H groups in total. The Morgan fingerprint density at radius 1 is 1.26 bits per heavy atom. The summed E-state index contributed by atoms with van der Waals surface area (Å²) in [4.78, 5) is 28.7. The lowest BCUT2D eigenvalue weighted by Gasteiger charge is -2.34. The number of hydrogen-bond acceptors (Lipinski definition) is 5. The van der Waals surface area contributed by atoms with E-state index in [0.29, 0.717) is 40.9 Å². The van der Waals surface area contributed by atoms with Gasteiger partial charge in [0.25, 0.3) is 11.6 Å². The lowest BCUT2D eigenvalue weighted by atomic mass is 9.81. The second kappa shape index (κ2) is 5.64. The van der Waals surface area contributed by atoms with Crippen LogP contribution in [0.15, 0.2) is 10.6 Å². The molecule has 0 unspecified atom stereocenters. The third kappa shape index (κ3) is 2.67. The Kier molecular flexibility index (Phi) is 3.79. The largest absolute Gasteiger partial charge is 0.480 e. The van der Waals surface area contributed by atoms with Crippen molar-refractivity contribution >= 4 is 23.0 Å². The van der Waals surface area contributed by atoms with Gasteiger partial charge in [0.1, 0.15) is 5.54 Å². The highest BCUT2D eigenvalue weighted by Gasteiger charge is 2.41. The van der Waals surface area contributed by atoms with Gasteiger partial charge in [-0.1, -0.05) is 24.4 Å². The highest BCUT2D eigenvalue weighted by atomic mass is 16.5. The van der Waals surface area contributed by atoms with Crippen molar-refractivity contribution in [2.75, 3.05) is 0 Å². The summed E-state index contributed by atoms with van der Waals surface area (Å²) < 4.78 is 5.13. The maximum atomic E-state index is 12.8. The van der Waals surface area contributed by atoms with Crippen LogP contribution >= 0.6 is 0 Å². The third-order valence-electron chi connectivity index (χ3n) is 4.46. The average molecular weight is 317 g/mol. The summed E-state index contributed by atoms with van der Waals surface area (Å²) in [5.74, 6) is -1.40. The van der Waals surface area contributed by atoms with Crippen molar-refractivity contribution in [2.24, 2.45) is 0 Å². The van der Waals surface area contributed by atoms with E-state index in [1.807, 2.05) is 0 Å². The van der Waals surface area contributed by atoms with Gasteiger partial charge in [-0.05, 0) is 32.8 Å². The van der Waals surface area contributed by atoms with Crippen LogP contribution in [-0.4, -0.2) is 32.7 Å². The number of carboxylic acid groups (broad SMARTS) is 1. The number of nitrogens with zero attached hydrogens (tertiary/aromatic N) is 2. The number of pyridine rings is 1. The van der Waals surface area contributed by atoms with E-state index in [1.165, 1.54) is 0 Å². The van der Waals surface area contributed by atoms with Gasteiger partial charge in [0.15, 0.2) is 0 Å². The molecule has 7 nitrogen and oxygen atoms in total. The second-order valence-electron chi connectivity index (χ2n) is 6.16. The number of aryl methyl sites for hydroxylation is 2. The molecule has 1 amide bonds. The summed E-state index contributed by atoms with van der Waals surface area (Å²) in [5.41, 5.74) is 0.639. The minimum absolute atomic E-state index is 0.292. The first-order valence-electron chi connectivity index (χ1n) is 7.72. The van der Waals surface area contributed by atoms with Crippen LogP contribution in [0.1, 0.15) is 53.8 Å². The summed E-state index contributed by atoms with van der Waals surface area (Å²) in [6, 6.07) is 1.64. The number of aliphatic carboxylic acids is 1. The van der Waals surface area contributed by atoms with E-state index < -0.39 is 17.4 Å². The normalized spacial score (nSPS) is 17.1. The molecule has 1 aliphatic rings. The summed E-state index contributed by atoms with van der Waals surface area (Å²) in [5, 5.41) is 16.7. The van der Waals surface area contributed by atoms with Crippen molar-refractivity contribution in [3.05, 3.63) is 23.0 Å². The predicted octanol–water partition coefficient (Wildman–Crippen LogP) is 2.36. The number of carboxylic acids is 1. The number of hydrogen-bond donors (Lipinski definition) is 2. The van der Waals surface area contributed by atoms with Crippen LogP contribution in [0.5, 0.6) is 0 Å². The Morgan fingerprint density at radius 3 is 2.61 bits per heavy atom. The lowest BCUT2D eigenvalue weighted by molar-refractivity contribution is -0.145. The molecule has 2 aromatic rings.